The molecule has 0 radical (unpaired) electrons. The average Bonchev–Trinajstić information content (AvgIpc) is 2.28. The van der Waals surface area contributed by atoms with Gasteiger partial charge in [-0.05, 0) is 38.0 Å². The molecule has 2 atom stereocenters. The third-order valence-corrected chi connectivity index (χ3v) is 3.65. The van der Waals surface area contributed by atoms with Gasteiger partial charge in [-0.1, -0.05) is 18.2 Å². The summed E-state index contributed by atoms with van der Waals surface area (Å²) < 4.78 is 22.6. The maximum atomic E-state index is 11.3. The van der Waals surface area contributed by atoms with Crippen LogP contribution in [0.1, 0.15) is 31.9 Å². The number of nitrogens with two attached hydrogens (primary N) is 1. The largest absolute Gasteiger partial charge is 0.307 e. The lowest BCUT2D eigenvalue weighted by molar-refractivity contribution is 0.482. The predicted octanol–water partition coefficient (Wildman–Crippen LogP) is 1.95. The molecule has 0 aromatic heterocycles. The van der Waals surface area contributed by atoms with Gasteiger partial charge >= 0.3 is 0 Å². The van der Waals surface area contributed by atoms with E-state index in [0.717, 1.165) is 12.0 Å². The molecule has 2 unspecified atom stereocenters. The molecule has 5 heteroatoms. The van der Waals surface area contributed by atoms with Gasteiger partial charge in [0.05, 0.1) is 4.90 Å². The Morgan fingerprint density at radius 1 is 1.44 bits per heavy atom. The van der Waals surface area contributed by atoms with Gasteiger partial charge in [0, 0.05) is 12.1 Å². The number of hydrogen-bond acceptors (Lipinski definition) is 3. The Balaban J connectivity index is 2.87. The number of rotatable bonds is 6. The van der Waals surface area contributed by atoms with Gasteiger partial charge in [0.25, 0.3) is 0 Å². The van der Waals surface area contributed by atoms with Crippen molar-refractivity contribution in [3.05, 3.63) is 42.5 Å². The summed E-state index contributed by atoms with van der Waals surface area (Å²) in [6.07, 6.45) is 2.71. The third kappa shape index (κ3) is 4.25. The molecular weight excluding hydrogens is 248 g/mol. The van der Waals surface area contributed by atoms with Crippen molar-refractivity contribution in [3.8, 4) is 0 Å². The summed E-state index contributed by atoms with van der Waals surface area (Å²) in [6.45, 7) is 7.74. The Morgan fingerprint density at radius 2 is 2.11 bits per heavy atom. The average molecular weight is 268 g/mol. The van der Waals surface area contributed by atoms with Crippen LogP contribution in [-0.2, 0) is 10.0 Å². The van der Waals surface area contributed by atoms with Crippen LogP contribution in [0.2, 0.25) is 0 Å². The first-order chi connectivity index (χ1) is 8.34. The van der Waals surface area contributed by atoms with Crippen molar-refractivity contribution in [3.63, 3.8) is 0 Å². The number of benzene rings is 1. The van der Waals surface area contributed by atoms with E-state index < -0.39 is 10.0 Å². The summed E-state index contributed by atoms with van der Waals surface area (Å²) in [6, 6.07) is 7.03. The molecule has 100 valence electrons. The van der Waals surface area contributed by atoms with Crippen molar-refractivity contribution in [1.29, 1.82) is 0 Å². The van der Waals surface area contributed by atoms with Gasteiger partial charge in [-0.2, -0.15) is 0 Å². The van der Waals surface area contributed by atoms with E-state index in [4.69, 9.17) is 5.14 Å². The highest BCUT2D eigenvalue weighted by Crippen LogP contribution is 2.17. The summed E-state index contributed by atoms with van der Waals surface area (Å²) in [5.74, 6) is 0. The third-order valence-electron chi connectivity index (χ3n) is 2.74. The lowest BCUT2D eigenvalue weighted by Gasteiger charge is -2.19. The highest BCUT2D eigenvalue weighted by atomic mass is 32.2. The molecule has 1 rings (SSSR count). The summed E-state index contributed by atoms with van der Waals surface area (Å²) in [4.78, 5) is 0.144. The Morgan fingerprint density at radius 3 is 2.67 bits per heavy atom. The van der Waals surface area contributed by atoms with E-state index >= 15 is 0 Å². The van der Waals surface area contributed by atoms with Crippen LogP contribution >= 0.6 is 0 Å². The van der Waals surface area contributed by atoms with Crippen LogP contribution in [0.3, 0.4) is 0 Å². The van der Waals surface area contributed by atoms with Crippen LogP contribution in [0.25, 0.3) is 0 Å². The van der Waals surface area contributed by atoms with Crippen molar-refractivity contribution in [2.75, 3.05) is 0 Å². The van der Waals surface area contributed by atoms with E-state index in [0.29, 0.717) is 0 Å². The summed E-state index contributed by atoms with van der Waals surface area (Å²) in [5, 5.41) is 8.48. The van der Waals surface area contributed by atoms with Crippen molar-refractivity contribution in [2.24, 2.45) is 5.14 Å². The van der Waals surface area contributed by atoms with Crippen molar-refractivity contribution in [2.45, 2.75) is 37.2 Å². The van der Waals surface area contributed by atoms with Crippen LogP contribution in [0, 0.1) is 0 Å². The standard InChI is InChI=1S/C13H20N2O2S/c1-4-6-10(2)15-11(3)12-7-5-8-13(9-12)18(14,16)17/h4-5,7-11,15H,1,6H2,2-3H3,(H2,14,16,17). The Bertz CT molecular complexity index is 511. The normalized spacial score (nSPS) is 15.1. The SMILES string of the molecule is C=CCC(C)NC(C)c1cccc(S(N)(=O)=O)c1. The lowest BCUT2D eigenvalue weighted by Crippen LogP contribution is -2.28. The lowest BCUT2D eigenvalue weighted by atomic mass is 10.1. The number of primary sulfonamides is 1. The second-order valence-corrected chi connectivity index (χ2v) is 5.99. The van der Waals surface area contributed by atoms with E-state index in [1.54, 1.807) is 12.1 Å². The fourth-order valence-electron chi connectivity index (χ4n) is 1.80. The van der Waals surface area contributed by atoms with E-state index in [-0.39, 0.29) is 17.0 Å². The molecule has 1 aromatic carbocycles. The van der Waals surface area contributed by atoms with E-state index in [2.05, 4.69) is 18.8 Å². The minimum atomic E-state index is -3.64. The zero-order valence-corrected chi connectivity index (χ0v) is 11.6. The molecule has 1 aromatic rings. The van der Waals surface area contributed by atoms with Crippen LogP contribution in [0.4, 0.5) is 0 Å². The quantitative estimate of drug-likeness (QED) is 0.775. The molecule has 0 saturated carbocycles. The molecule has 0 aliphatic heterocycles. The van der Waals surface area contributed by atoms with Gasteiger partial charge in [0.1, 0.15) is 0 Å². The molecule has 0 spiro atoms. The topological polar surface area (TPSA) is 72.2 Å². The maximum absolute atomic E-state index is 11.3. The smallest absolute Gasteiger partial charge is 0.238 e. The molecule has 0 amide bonds. The molecule has 0 aliphatic rings. The van der Waals surface area contributed by atoms with E-state index in [1.807, 2.05) is 19.1 Å². The second kappa shape index (κ2) is 6.13. The van der Waals surface area contributed by atoms with Gasteiger partial charge in [-0.15, -0.1) is 6.58 Å². The molecule has 0 saturated heterocycles. The van der Waals surface area contributed by atoms with Crippen LogP contribution in [0.15, 0.2) is 41.8 Å². The highest BCUT2D eigenvalue weighted by molar-refractivity contribution is 7.89. The first kappa shape index (κ1) is 14.9. The van der Waals surface area contributed by atoms with Gasteiger partial charge in [0.15, 0.2) is 0 Å². The van der Waals surface area contributed by atoms with Crippen LogP contribution < -0.4 is 10.5 Å². The molecule has 4 nitrogen and oxygen atoms in total. The van der Waals surface area contributed by atoms with Crippen molar-refractivity contribution >= 4 is 10.0 Å². The fourth-order valence-corrected chi connectivity index (χ4v) is 2.37. The van der Waals surface area contributed by atoms with Gasteiger partial charge in [0.2, 0.25) is 10.0 Å². The molecule has 0 heterocycles. The summed E-state index contributed by atoms with van der Waals surface area (Å²) in [5.41, 5.74) is 0.900. The molecule has 3 N–H and O–H groups in total. The number of sulfonamides is 1. The van der Waals surface area contributed by atoms with Crippen LogP contribution in [-0.4, -0.2) is 14.5 Å². The Labute approximate surface area is 109 Å². The van der Waals surface area contributed by atoms with Gasteiger partial charge in [-0.25, -0.2) is 13.6 Å². The van der Waals surface area contributed by atoms with Gasteiger partial charge < -0.3 is 5.32 Å². The van der Waals surface area contributed by atoms with E-state index in [1.165, 1.54) is 6.07 Å². The molecule has 0 aliphatic carbocycles. The molecular formula is C13H20N2O2S. The maximum Gasteiger partial charge on any atom is 0.238 e. The Kier molecular flexibility index (Phi) is 5.07. The second-order valence-electron chi connectivity index (χ2n) is 4.43. The van der Waals surface area contributed by atoms with Gasteiger partial charge in [-0.3, -0.25) is 0 Å². The fraction of sp³-hybridized carbons (Fsp3) is 0.385. The monoisotopic (exact) mass is 268 g/mol. The zero-order valence-electron chi connectivity index (χ0n) is 10.8. The van der Waals surface area contributed by atoms with Crippen molar-refractivity contribution in [1.82, 2.24) is 5.32 Å². The summed E-state index contributed by atoms with van der Waals surface area (Å²) in [7, 11) is -3.64. The highest BCUT2D eigenvalue weighted by Gasteiger charge is 2.12. The molecule has 0 fully saturated rings. The van der Waals surface area contributed by atoms with Crippen LogP contribution in [0.5, 0.6) is 0 Å². The predicted molar refractivity (Wildman–Crippen MR) is 73.6 cm³/mol. The van der Waals surface area contributed by atoms with Crippen molar-refractivity contribution < 1.29 is 8.42 Å². The number of nitrogens with one attached hydrogen (secondary N) is 1. The van der Waals surface area contributed by atoms with E-state index in [9.17, 15) is 8.42 Å². The zero-order chi connectivity index (χ0) is 13.8. The minimum absolute atomic E-state index is 0.0571. The first-order valence-corrected chi connectivity index (χ1v) is 7.39. The summed E-state index contributed by atoms with van der Waals surface area (Å²) >= 11 is 0. The first-order valence-electron chi connectivity index (χ1n) is 5.84. The minimum Gasteiger partial charge on any atom is -0.307 e. The number of hydrogen-bond donors (Lipinski definition) is 2. The molecule has 18 heavy (non-hydrogen) atoms. The molecule has 0 bridgehead atoms. The Hall–Kier alpha value is -1.17.